The lowest BCUT2D eigenvalue weighted by molar-refractivity contribution is 0.0388. The predicted molar refractivity (Wildman–Crippen MR) is 113 cm³/mol. The summed E-state index contributed by atoms with van der Waals surface area (Å²) in [6.45, 7) is 3.84. The van der Waals surface area contributed by atoms with Gasteiger partial charge in [0.15, 0.2) is 0 Å². The fraction of sp³-hybridized carbons (Fsp3) is 0.350. The highest BCUT2D eigenvalue weighted by molar-refractivity contribution is 7.90. The van der Waals surface area contributed by atoms with Crippen LogP contribution in [0.2, 0.25) is 0 Å². The Morgan fingerprint density at radius 1 is 0.968 bits per heavy atom. The van der Waals surface area contributed by atoms with Crippen LogP contribution in [0.25, 0.3) is 10.4 Å². The first kappa shape index (κ1) is 24.2. The molecular formula is C20H24N4O6S. The maximum Gasteiger partial charge on any atom is 0.264 e. The number of nitrogens with zero attached hydrogens (tertiary/aromatic N) is 3. The van der Waals surface area contributed by atoms with Crippen molar-refractivity contribution in [3.05, 3.63) is 70.1 Å². The van der Waals surface area contributed by atoms with Crippen LogP contribution in [0.15, 0.2) is 58.5 Å². The minimum Gasteiger partial charge on any atom is -0.491 e. The van der Waals surface area contributed by atoms with Gasteiger partial charge in [0.1, 0.15) is 12.4 Å². The maximum atomic E-state index is 12.4. The Morgan fingerprint density at radius 3 is 2.23 bits per heavy atom. The maximum absolute atomic E-state index is 12.4. The van der Waals surface area contributed by atoms with Gasteiger partial charge in [0, 0.05) is 17.0 Å². The van der Waals surface area contributed by atoms with Gasteiger partial charge in [-0.3, -0.25) is 4.79 Å². The second-order valence-electron chi connectivity index (χ2n) is 6.30. The molecule has 0 aromatic heterocycles. The zero-order valence-corrected chi connectivity index (χ0v) is 17.9. The van der Waals surface area contributed by atoms with Crippen LogP contribution < -0.4 is 9.46 Å². The minimum absolute atomic E-state index is 0.0468. The number of ether oxygens (including phenoxy) is 3. The zero-order chi connectivity index (χ0) is 22.5. The molecule has 0 saturated carbocycles. The van der Waals surface area contributed by atoms with Crippen molar-refractivity contribution in [1.82, 2.24) is 4.72 Å². The van der Waals surface area contributed by atoms with Crippen molar-refractivity contribution >= 4 is 15.9 Å². The first-order valence-electron chi connectivity index (χ1n) is 9.45. The summed E-state index contributed by atoms with van der Waals surface area (Å²) in [6, 6.07) is 12.3. The summed E-state index contributed by atoms with van der Waals surface area (Å²) < 4.78 is 42.9. The van der Waals surface area contributed by atoms with Gasteiger partial charge in [-0.15, -0.1) is 0 Å². The molecule has 0 fully saturated rings. The van der Waals surface area contributed by atoms with Crippen molar-refractivity contribution in [2.24, 2.45) is 5.11 Å². The second-order valence-corrected chi connectivity index (χ2v) is 7.98. The molecule has 2 aromatic rings. The highest BCUT2D eigenvalue weighted by Gasteiger charge is 2.18. The molecule has 0 spiro atoms. The van der Waals surface area contributed by atoms with Crippen molar-refractivity contribution in [3.8, 4) is 5.75 Å². The molecule has 0 bridgehead atoms. The molecule has 166 valence electrons. The van der Waals surface area contributed by atoms with Gasteiger partial charge in [-0.25, -0.2) is 13.1 Å². The van der Waals surface area contributed by atoms with E-state index in [4.69, 9.17) is 19.7 Å². The van der Waals surface area contributed by atoms with Gasteiger partial charge in [-0.05, 0) is 48.9 Å². The Labute approximate surface area is 180 Å². The Hall–Kier alpha value is -3.11. The largest absolute Gasteiger partial charge is 0.491 e. The van der Waals surface area contributed by atoms with Crippen LogP contribution in [0.1, 0.15) is 15.9 Å². The van der Waals surface area contributed by atoms with Gasteiger partial charge >= 0.3 is 0 Å². The Kier molecular flexibility index (Phi) is 9.79. The van der Waals surface area contributed by atoms with Crippen LogP contribution >= 0.6 is 0 Å². The molecule has 31 heavy (non-hydrogen) atoms. The van der Waals surface area contributed by atoms with Crippen molar-refractivity contribution in [3.63, 3.8) is 0 Å². The monoisotopic (exact) mass is 448 g/mol. The number of hydrogen-bond donors (Lipinski definition) is 1. The SMILES string of the molecule is Cc1ccc(C(=O)NS(=O)(=O)c2ccc(OCCOCCOCCN=[N+]=[N-])cc2)cc1. The number of azide groups is 1. The summed E-state index contributed by atoms with van der Waals surface area (Å²) >= 11 is 0. The third-order valence-electron chi connectivity index (χ3n) is 3.94. The molecule has 0 heterocycles. The van der Waals surface area contributed by atoms with Crippen LogP contribution in [0, 0.1) is 6.92 Å². The van der Waals surface area contributed by atoms with Gasteiger partial charge < -0.3 is 14.2 Å². The van der Waals surface area contributed by atoms with Crippen LogP contribution in [-0.2, 0) is 19.5 Å². The van der Waals surface area contributed by atoms with E-state index in [1.165, 1.54) is 24.3 Å². The van der Waals surface area contributed by atoms with Gasteiger partial charge in [-0.1, -0.05) is 22.8 Å². The summed E-state index contributed by atoms with van der Waals surface area (Å²) in [5, 5.41) is 3.34. The third kappa shape index (κ3) is 8.65. The van der Waals surface area contributed by atoms with Crippen LogP contribution in [-0.4, -0.2) is 53.9 Å². The summed E-state index contributed by atoms with van der Waals surface area (Å²) in [5.74, 6) is -0.225. The zero-order valence-electron chi connectivity index (χ0n) is 17.1. The van der Waals surface area contributed by atoms with Gasteiger partial charge in [0.2, 0.25) is 0 Å². The van der Waals surface area contributed by atoms with Gasteiger partial charge in [0.25, 0.3) is 15.9 Å². The molecule has 11 heteroatoms. The fourth-order valence-corrected chi connectivity index (χ4v) is 3.32. The van der Waals surface area contributed by atoms with Crippen molar-refractivity contribution in [2.75, 3.05) is 39.6 Å². The average Bonchev–Trinajstić information content (AvgIpc) is 2.75. The normalized spacial score (nSPS) is 10.9. The van der Waals surface area contributed by atoms with E-state index in [1.807, 2.05) is 6.92 Å². The summed E-state index contributed by atoms with van der Waals surface area (Å²) in [7, 11) is -4.00. The molecule has 0 unspecified atom stereocenters. The lowest BCUT2D eigenvalue weighted by Crippen LogP contribution is -2.30. The van der Waals surface area contributed by atoms with Crippen molar-refractivity contribution in [1.29, 1.82) is 0 Å². The molecule has 2 aromatic carbocycles. The molecule has 0 aliphatic carbocycles. The number of rotatable bonds is 13. The molecule has 0 aliphatic rings. The topological polar surface area (TPSA) is 140 Å². The van der Waals surface area contributed by atoms with E-state index in [2.05, 4.69) is 14.7 Å². The molecule has 0 radical (unpaired) electrons. The van der Waals surface area contributed by atoms with Crippen LogP contribution in [0.4, 0.5) is 0 Å². The highest BCUT2D eigenvalue weighted by Crippen LogP contribution is 2.16. The molecule has 10 nitrogen and oxygen atoms in total. The van der Waals surface area contributed by atoms with Gasteiger partial charge in [0.05, 0.1) is 31.3 Å². The second kappa shape index (κ2) is 12.6. The Balaban J connectivity index is 1.73. The summed E-state index contributed by atoms with van der Waals surface area (Å²) in [6.07, 6.45) is 0. The molecule has 0 aliphatic heterocycles. The molecule has 1 N–H and O–H groups in total. The van der Waals surface area contributed by atoms with E-state index in [0.717, 1.165) is 5.56 Å². The average molecular weight is 449 g/mol. The minimum atomic E-state index is -4.00. The smallest absolute Gasteiger partial charge is 0.264 e. The summed E-state index contributed by atoms with van der Waals surface area (Å²) in [4.78, 5) is 14.7. The fourth-order valence-electron chi connectivity index (χ4n) is 2.35. The van der Waals surface area contributed by atoms with Gasteiger partial charge in [-0.2, -0.15) is 0 Å². The van der Waals surface area contributed by atoms with Crippen LogP contribution in [0.5, 0.6) is 5.75 Å². The quantitative estimate of drug-likeness (QED) is 0.216. The highest BCUT2D eigenvalue weighted by atomic mass is 32.2. The number of amides is 1. The molecule has 0 saturated heterocycles. The molecular weight excluding hydrogens is 424 g/mol. The first-order valence-corrected chi connectivity index (χ1v) is 10.9. The van der Waals surface area contributed by atoms with E-state index in [1.54, 1.807) is 24.3 Å². The number of carbonyl (C=O) groups excluding carboxylic acids is 1. The van der Waals surface area contributed by atoms with Crippen molar-refractivity contribution in [2.45, 2.75) is 11.8 Å². The lowest BCUT2D eigenvalue weighted by atomic mass is 10.1. The Bertz CT molecular complexity index is 987. The molecule has 0 atom stereocenters. The van der Waals surface area contributed by atoms with E-state index in [-0.39, 0.29) is 23.6 Å². The third-order valence-corrected chi connectivity index (χ3v) is 5.29. The number of aryl methyl sites for hydroxylation is 1. The lowest BCUT2D eigenvalue weighted by Gasteiger charge is -2.10. The number of carbonyl (C=O) groups is 1. The van der Waals surface area contributed by atoms with Crippen molar-refractivity contribution < 1.29 is 27.4 Å². The van der Waals surface area contributed by atoms with E-state index >= 15 is 0 Å². The van der Waals surface area contributed by atoms with E-state index < -0.39 is 15.9 Å². The van der Waals surface area contributed by atoms with E-state index in [9.17, 15) is 13.2 Å². The van der Waals surface area contributed by atoms with E-state index in [0.29, 0.717) is 32.2 Å². The van der Waals surface area contributed by atoms with Crippen LogP contribution in [0.3, 0.4) is 0 Å². The first-order chi connectivity index (χ1) is 14.9. The number of nitrogens with one attached hydrogen (secondary N) is 1. The Morgan fingerprint density at radius 2 is 1.58 bits per heavy atom. The number of hydrogen-bond acceptors (Lipinski definition) is 7. The molecule has 2 rings (SSSR count). The summed E-state index contributed by atoms with van der Waals surface area (Å²) in [5.41, 5.74) is 9.35. The molecule has 1 amide bonds. The number of benzene rings is 2. The predicted octanol–water partition coefficient (Wildman–Crippen LogP) is 2.84. The number of sulfonamides is 1. The standard InChI is InChI=1S/C20H24N4O6S/c1-16-2-4-17(5-3-16)20(25)23-31(26,27)19-8-6-18(7-9-19)30-15-14-29-13-12-28-11-10-22-24-21/h2-9H,10-15H2,1H3,(H,23,25).